The second-order valence-electron chi connectivity index (χ2n) is 4.19. The molecule has 0 aliphatic heterocycles. The lowest BCUT2D eigenvalue weighted by Gasteiger charge is -2.07. The fourth-order valence-corrected chi connectivity index (χ4v) is 2.10. The Balaban J connectivity index is 2.23. The second-order valence-corrected chi connectivity index (χ2v) is 6.20. The molecule has 0 atom stereocenters. The molecular weight excluding hydrogens is 266 g/mol. The molecule has 1 aromatic rings. The van der Waals surface area contributed by atoms with E-state index in [4.69, 9.17) is 9.47 Å². The van der Waals surface area contributed by atoms with Gasteiger partial charge >= 0.3 is 0 Å². The Kier molecular flexibility index (Phi) is 6.83. The number of methoxy groups -OCH3 is 1. The predicted octanol–water partition coefficient (Wildman–Crippen LogP) is 1.09. The molecule has 0 heterocycles. The molecule has 0 radical (unpaired) electrons. The summed E-state index contributed by atoms with van der Waals surface area (Å²) in [7, 11) is -1.46. The van der Waals surface area contributed by atoms with Crippen molar-refractivity contribution in [3.05, 3.63) is 24.3 Å². The van der Waals surface area contributed by atoms with Crippen LogP contribution in [-0.2, 0) is 14.6 Å². The highest BCUT2D eigenvalue weighted by molar-refractivity contribution is 7.90. The minimum Gasteiger partial charge on any atom is -0.494 e. The van der Waals surface area contributed by atoms with E-state index in [1.807, 2.05) is 0 Å². The van der Waals surface area contributed by atoms with Gasteiger partial charge in [-0.25, -0.2) is 8.42 Å². The molecule has 0 saturated carbocycles. The molecule has 5 nitrogen and oxygen atoms in total. The summed E-state index contributed by atoms with van der Waals surface area (Å²) >= 11 is 0. The van der Waals surface area contributed by atoms with Crippen LogP contribution in [0.5, 0.6) is 5.75 Å². The Morgan fingerprint density at radius 2 is 1.79 bits per heavy atom. The van der Waals surface area contributed by atoms with E-state index in [0.717, 1.165) is 19.5 Å². The molecule has 1 rings (SSSR count). The van der Waals surface area contributed by atoms with E-state index in [1.54, 1.807) is 31.4 Å². The summed E-state index contributed by atoms with van der Waals surface area (Å²) in [5.74, 6) is 0.685. The van der Waals surface area contributed by atoms with Gasteiger partial charge in [0.2, 0.25) is 0 Å². The van der Waals surface area contributed by atoms with E-state index in [1.165, 1.54) is 6.26 Å². The smallest absolute Gasteiger partial charge is 0.175 e. The number of benzene rings is 1. The minimum absolute atomic E-state index is 0.307. The van der Waals surface area contributed by atoms with E-state index in [0.29, 0.717) is 23.9 Å². The summed E-state index contributed by atoms with van der Waals surface area (Å²) in [5.41, 5.74) is 0. The van der Waals surface area contributed by atoms with Crippen LogP contribution in [0.25, 0.3) is 0 Å². The van der Waals surface area contributed by atoms with Crippen molar-refractivity contribution in [2.24, 2.45) is 0 Å². The second kappa shape index (κ2) is 8.14. The highest BCUT2D eigenvalue weighted by Gasteiger charge is 2.06. The highest BCUT2D eigenvalue weighted by atomic mass is 32.2. The van der Waals surface area contributed by atoms with Crippen LogP contribution in [0.1, 0.15) is 6.42 Å². The summed E-state index contributed by atoms with van der Waals surface area (Å²) in [6.07, 6.45) is 2.08. The van der Waals surface area contributed by atoms with Gasteiger partial charge in [-0.3, -0.25) is 0 Å². The first kappa shape index (κ1) is 15.9. The molecule has 0 aliphatic carbocycles. The van der Waals surface area contributed by atoms with Crippen LogP contribution in [0.2, 0.25) is 0 Å². The third kappa shape index (κ3) is 6.56. The normalized spacial score (nSPS) is 11.5. The molecule has 0 spiro atoms. The summed E-state index contributed by atoms with van der Waals surface area (Å²) in [5, 5.41) is 3.22. The Hall–Kier alpha value is -1.11. The van der Waals surface area contributed by atoms with E-state index in [9.17, 15) is 8.42 Å². The molecule has 0 amide bonds. The van der Waals surface area contributed by atoms with Crippen molar-refractivity contribution in [3.8, 4) is 5.75 Å². The summed E-state index contributed by atoms with van der Waals surface area (Å²) in [6, 6.07) is 6.46. The van der Waals surface area contributed by atoms with Crippen LogP contribution in [-0.4, -0.2) is 48.1 Å². The average Bonchev–Trinajstić information content (AvgIpc) is 2.37. The Morgan fingerprint density at radius 3 is 2.37 bits per heavy atom. The molecule has 0 bridgehead atoms. The van der Waals surface area contributed by atoms with Gasteiger partial charge in [0, 0.05) is 19.9 Å². The zero-order chi connectivity index (χ0) is 14.1. The minimum atomic E-state index is -3.13. The Morgan fingerprint density at radius 1 is 1.11 bits per heavy atom. The number of hydrogen-bond donors (Lipinski definition) is 1. The van der Waals surface area contributed by atoms with Crippen molar-refractivity contribution in [3.63, 3.8) is 0 Å². The zero-order valence-corrected chi connectivity index (χ0v) is 12.2. The molecule has 0 aromatic heterocycles. The monoisotopic (exact) mass is 287 g/mol. The van der Waals surface area contributed by atoms with E-state index in [2.05, 4.69) is 5.32 Å². The maximum absolute atomic E-state index is 11.3. The molecule has 0 saturated heterocycles. The van der Waals surface area contributed by atoms with Crippen LogP contribution >= 0.6 is 0 Å². The fraction of sp³-hybridized carbons (Fsp3) is 0.538. The first-order chi connectivity index (χ1) is 9.04. The van der Waals surface area contributed by atoms with E-state index < -0.39 is 9.84 Å². The number of sulfone groups is 1. The lowest BCUT2D eigenvalue weighted by atomic mass is 10.3. The molecule has 108 valence electrons. The van der Waals surface area contributed by atoms with Gasteiger partial charge in [-0.05, 0) is 37.2 Å². The number of ether oxygens (including phenoxy) is 2. The van der Waals surface area contributed by atoms with Gasteiger partial charge in [0.15, 0.2) is 9.84 Å². The molecule has 19 heavy (non-hydrogen) atoms. The summed E-state index contributed by atoms with van der Waals surface area (Å²) < 4.78 is 33.0. The van der Waals surface area contributed by atoms with E-state index in [-0.39, 0.29) is 0 Å². The van der Waals surface area contributed by atoms with Crippen molar-refractivity contribution in [1.29, 1.82) is 0 Å². The summed E-state index contributed by atoms with van der Waals surface area (Å²) in [6.45, 7) is 3.00. The molecular formula is C13H21NO4S. The fourth-order valence-electron chi connectivity index (χ4n) is 1.47. The van der Waals surface area contributed by atoms with Crippen molar-refractivity contribution >= 4 is 9.84 Å². The van der Waals surface area contributed by atoms with Crippen LogP contribution in [0.4, 0.5) is 0 Å². The van der Waals surface area contributed by atoms with Gasteiger partial charge in [0.1, 0.15) is 5.75 Å². The topological polar surface area (TPSA) is 64.6 Å². The van der Waals surface area contributed by atoms with Crippen molar-refractivity contribution < 1.29 is 17.9 Å². The zero-order valence-electron chi connectivity index (χ0n) is 11.4. The van der Waals surface area contributed by atoms with Crippen LogP contribution < -0.4 is 10.1 Å². The maximum Gasteiger partial charge on any atom is 0.175 e. The lowest BCUT2D eigenvalue weighted by Crippen LogP contribution is -2.21. The first-order valence-corrected chi connectivity index (χ1v) is 8.06. The van der Waals surface area contributed by atoms with Gasteiger partial charge in [0.05, 0.1) is 18.1 Å². The molecule has 1 aromatic carbocycles. The number of rotatable bonds is 9. The SMILES string of the molecule is COCCNCCCOc1ccc(S(C)(=O)=O)cc1. The summed E-state index contributed by atoms with van der Waals surface area (Å²) in [4.78, 5) is 0.307. The Bertz CT molecular complexity index is 456. The quantitative estimate of drug-likeness (QED) is 0.689. The van der Waals surface area contributed by atoms with Gasteiger partial charge in [-0.2, -0.15) is 0 Å². The lowest BCUT2D eigenvalue weighted by molar-refractivity contribution is 0.198. The number of nitrogens with one attached hydrogen (secondary N) is 1. The van der Waals surface area contributed by atoms with E-state index >= 15 is 0 Å². The Labute approximate surface area is 114 Å². The highest BCUT2D eigenvalue weighted by Crippen LogP contribution is 2.15. The van der Waals surface area contributed by atoms with Crippen molar-refractivity contribution in [1.82, 2.24) is 5.32 Å². The first-order valence-electron chi connectivity index (χ1n) is 6.16. The average molecular weight is 287 g/mol. The van der Waals surface area contributed by atoms with Crippen molar-refractivity contribution in [2.45, 2.75) is 11.3 Å². The third-order valence-electron chi connectivity index (χ3n) is 2.50. The van der Waals surface area contributed by atoms with Crippen molar-refractivity contribution in [2.75, 3.05) is 39.7 Å². The predicted molar refractivity (Wildman–Crippen MR) is 74.4 cm³/mol. The van der Waals surface area contributed by atoms with Gasteiger partial charge < -0.3 is 14.8 Å². The standard InChI is InChI=1S/C13H21NO4S/c1-17-11-9-14-8-3-10-18-12-4-6-13(7-5-12)19(2,15)16/h4-7,14H,3,8-11H2,1-2H3. The van der Waals surface area contributed by atoms with Gasteiger partial charge in [-0.1, -0.05) is 0 Å². The third-order valence-corrected chi connectivity index (χ3v) is 3.63. The molecule has 0 unspecified atom stereocenters. The maximum atomic E-state index is 11.3. The van der Waals surface area contributed by atoms with Crippen LogP contribution in [0.3, 0.4) is 0 Å². The van der Waals surface area contributed by atoms with Gasteiger partial charge in [0.25, 0.3) is 0 Å². The molecule has 1 N–H and O–H groups in total. The molecule has 0 fully saturated rings. The van der Waals surface area contributed by atoms with Gasteiger partial charge in [-0.15, -0.1) is 0 Å². The molecule has 6 heteroatoms. The molecule has 0 aliphatic rings. The van der Waals surface area contributed by atoms with Crippen LogP contribution in [0, 0.1) is 0 Å². The van der Waals surface area contributed by atoms with Crippen LogP contribution in [0.15, 0.2) is 29.2 Å². The number of hydrogen-bond acceptors (Lipinski definition) is 5. The largest absolute Gasteiger partial charge is 0.494 e.